The Morgan fingerprint density at radius 1 is 0.700 bits per heavy atom. The van der Waals surface area contributed by atoms with E-state index >= 15 is 0 Å². The number of carbonyl (C=O) groups excluding carboxylic acids is 3. The number of piperidine rings is 1. The molecule has 4 heteroatoms. The van der Waals surface area contributed by atoms with Crippen molar-refractivity contribution in [3.8, 4) is 0 Å². The minimum absolute atomic E-state index is 0.121. The van der Waals surface area contributed by atoms with E-state index in [1.807, 2.05) is 0 Å². The molecular weight excluding hydrogens is 254 g/mol. The SMILES string of the molecule is CN1C2(CCC(=O)CC2)CC(=O)CC12CCC(=O)CC2. The summed E-state index contributed by atoms with van der Waals surface area (Å²) >= 11 is 0. The normalized spacial score (nSPS) is 30.1. The standard InChI is InChI=1S/C16H23NO3/c1-17-15(6-2-12(18)3-7-15)10-14(20)11-16(17)8-4-13(19)5-9-16/h2-11H2,1H3. The fourth-order valence-electron chi connectivity index (χ4n) is 4.55. The van der Waals surface area contributed by atoms with E-state index in [-0.39, 0.29) is 11.1 Å². The molecule has 0 bridgehead atoms. The smallest absolute Gasteiger partial charge is 0.136 e. The number of carbonyl (C=O) groups is 3. The maximum atomic E-state index is 12.3. The highest BCUT2D eigenvalue weighted by molar-refractivity contribution is 5.85. The van der Waals surface area contributed by atoms with Gasteiger partial charge in [0.15, 0.2) is 0 Å². The Bertz CT molecular complexity index is 408. The molecule has 0 atom stereocenters. The van der Waals surface area contributed by atoms with E-state index in [0.29, 0.717) is 55.9 Å². The van der Waals surface area contributed by atoms with Crippen molar-refractivity contribution in [1.29, 1.82) is 0 Å². The number of likely N-dealkylation sites (tertiary alicyclic amines) is 1. The van der Waals surface area contributed by atoms with Gasteiger partial charge in [-0.05, 0) is 32.7 Å². The van der Waals surface area contributed by atoms with E-state index in [0.717, 1.165) is 25.7 Å². The summed E-state index contributed by atoms with van der Waals surface area (Å²) in [5.74, 6) is 0.983. The van der Waals surface area contributed by atoms with Gasteiger partial charge in [0.1, 0.15) is 17.3 Å². The molecule has 0 amide bonds. The lowest BCUT2D eigenvalue weighted by molar-refractivity contribution is -0.148. The second-order valence-electron chi connectivity index (χ2n) is 6.98. The molecule has 0 aromatic heterocycles. The van der Waals surface area contributed by atoms with Crippen LogP contribution in [0.15, 0.2) is 0 Å². The molecule has 0 N–H and O–H groups in total. The van der Waals surface area contributed by atoms with Crippen molar-refractivity contribution in [1.82, 2.24) is 4.90 Å². The maximum absolute atomic E-state index is 12.3. The molecule has 0 aromatic carbocycles. The lowest BCUT2D eigenvalue weighted by Crippen LogP contribution is -2.65. The van der Waals surface area contributed by atoms with Crippen LogP contribution in [0.5, 0.6) is 0 Å². The predicted octanol–water partition coefficient (Wildman–Crippen LogP) is 2.04. The van der Waals surface area contributed by atoms with E-state index in [4.69, 9.17) is 0 Å². The van der Waals surface area contributed by atoms with Crippen LogP contribution in [0.1, 0.15) is 64.2 Å². The summed E-state index contributed by atoms with van der Waals surface area (Å²) in [4.78, 5) is 37.8. The summed E-state index contributed by atoms with van der Waals surface area (Å²) in [7, 11) is 2.12. The average Bonchev–Trinajstić information content (AvgIpc) is 2.43. The third kappa shape index (κ3) is 2.14. The third-order valence-electron chi connectivity index (χ3n) is 5.95. The Morgan fingerprint density at radius 3 is 1.40 bits per heavy atom. The van der Waals surface area contributed by atoms with Gasteiger partial charge in [0.05, 0.1) is 0 Å². The first-order chi connectivity index (χ1) is 9.46. The first-order valence-corrected chi connectivity index (χ1v) is 7.75. The minimum Gasteiger partial charge on any atom is -0.300 e. The summed E-state index contributed by atoms with van der Waals surface area (Å²) in [6.07, 6.45) is 6.83. The summed E-state index contributed by atoms with van der Waals surface area (Å²) < 4.78 is 0. The highest BCUT2D eigenvalue weighted by atomic mass is 16.1. The highest BCUT2D eigenvalue weighted by Gasteiger charge is 2.53. The fourth-order valence-corrected chi connectivity index (χ4v) is 4.55. The van der Waals surface area contributed by atoms with Crippen LogP contribution < -0.4 is 0 Å². The Hall–Kier alpha value is -1.03. The second kappa shape index (κ2) is 4.76. The van der Waals surface area contributed by atoms with Gasteiger partial charge in [-0.2, -0.15) is 0 Å². The largest absolute Gasteiger partial charge is 0.300 e. The molecule has 4 nitrogen and oxygen atoms in total. The van der Waals surface area contributed by atoms with Crippen LogP contribution in [0.25, 0.3) is 0 Å². The first-order valence-electron chi connectivity index (χ1n) is 7.75. The Balaban J connectivity index is 1.87. The van der Waals surface area contributed by atoms with Crippen LogP contribution in [-0.2, 0) is 14.4 Å². The van der Waals surface area contributed by atoms with Crippen molar-refractivity contribution < 1.29 is 14.4 Å². The number of hydrogen-bond acceptors (Lipinski definition) is 4. The predicted molar refractivity (Wildman–Crippen MR) is 74.4 cm³/mol. The molecular formula is C16H23NO3. The van der Waals surface area contributed by atoms with Gasteiger partial charge in [-0.3, -0.25) is 19.3 Å². The molecule has 3 aliphatic rings. The zero-order valence-electron chi connectivity index (χ0n) is 12.2. The average molecular weight is 277 g/mol. The topological polar surface area (TPSA) is 54.5 Å². The van der Waals surface area contributed by atoms with Crippen molar-refractivity contribution in [2.45, 2.75) is 75.3 Å². The molecule has 20 heavy (non-hydrogen) atoms. The van der Waals surface area contributed by atoms with Crippen LogP contribution in [0.2, 0.25) is 0 Å². The fraction of sp³-hybridized carbons (Fsp3) is 0.812. The van der Waals surface area contributed by atoms with Crippen LogP contribution in [0.3, 0.4) is 0 Å². The van der Waals surface area contributed by atoms with Crippen LogP contribution in [0, 0.1) is 0 Å². The molecule has 2 saturated carbocycles. The first kappa shape index (κ1) is 13.9. The monoisotopic (exact) mass is 277 g/mol. The van der Waals surface area contributed by atoms with Gasteiger partial charge in [-0.15, -0.1) is 0 Å². The summed E-state index contributed by atoms with van der Waals surface area (Å²) in [5, 5.41) is 0. The molecule has 1 aliphatic heterocycles. The van der Waals surface area contributed by atoms with Gasteiger partial charge in [-0.25, -0.2) is 0 Å². The molecule has 0 radical (unpaired) electrons. The van der Waals surface area contributed by atoms with Gasteiger partial charge in [-0.1, -0.05) is 0 Å². The van der Waals surface area contributed by atoms with E-state index in [2.05, 4.69) is 11.9 Å². The molecule has 1 heterocycles. The number of rotatable bonds is 0. The van der Waals surface area contributed by atoms with Crippen molar-refractivity contribution in [2.75, 3.05) is 7.05 Å². The lowest BCUT2D eigenvalue weighted by atomic mass is 9.65. The lowest BCUT2D eigenvalue weighted by Gasteiger charge is -2.58. The molecule has 2 spiro atoms. The number of nitrogens with zero attached hydrogens (tertiary/aromatic N) is 1. The summed E-state index contributed by atoms with van der Waals surface area (Å²) in [5.41, 5.74) is -0.243. The molecule has 0 unspecified atom stereocenters. The number of ketones is 3. The summed E-state index contributed by atoms with van der Waals surface area (Å²) in [6.45, 7) is 0. The third-order valence-corrected chi connectivity index (χ3v) is 5.95. The quantitative estimate of drug-likeness (QED) is 0.680. The van der Waals surface area contributed by atoms with E-state index in [1.54, 1.807) is 0 Å². The van der Waals surface area contributed by atoms with Crippen LogP contribution in [0.4, 0.5) is 0 Å². The number of Topliss-reactive ketones (excluding diaryl/α,β-unsaturated/α-hetero) is 3. The van der Waals surface area contributed by atoms with Crippen molar-refractivity contribution in [2.24, 2.45) is 0 Å². The number of hydrogen-bond donors (Lipinski definition) is 0. The minimum atomic E-state index is -0.121. The zero-order chi connectivity index (χ0) is 14.4. The molecule has 1 saturated heterocycles. The molecule has 0 aromatic rings. The van der Waals surface area contributed by atoms with Gasteiger partial charge in [0.2, 0.25) is 0 Å². The van der Waals surface area contributed by atoms with E-state index < -0.39 is 0 Å². The molecule has 110 valence electrons. The van der Waals surface area contributed by atoms with Crippen LogP contribution in [-0.4, -0.2) is 40.4 Å². The Kier molecular flexibility index (Phi) is 3.32. The Labute approximate surface area is 119 Å². The Morgan fingerprint density at radius 2 is 1.05 bits per heavy atom. The van der Waals surface area contributed by atoms with Gasteiger partial charge >= 0.3 is 0 Å². The summed E-state index contributed by atoms with van der Waals surface area (Å²) in [6, 6.07) is 0. The molecule has 3 fully saturated rings. The van der Waals surface area contributed by atoms with Gasteiger partial charge in [0.25, 0.3) is 0 Å². The van der Waals surface area contributed by atoms with Crippen molar-refractivity contribution in [3.63, 3.8) is 0 Å². The zero-order valence-corrected chi connectivity index (χ0v) is 12.2. The highest BCUT2D eigenvalue weighted by Crippen LogP contribution is 2.48. The van der Waals surface area contributed by atoms with E-state index in [9.17, 15) is 14.4 Å². The van der Waals surface area contributed by atoms with Crippen molar-refractivity contribution >= 4 is 17.3 Å². The van der Waals surface area contributed by atoms with E-state index in [1.165, 1.54) is 0 Å². The molecule has 2 aliphatic carbocycles. The maximum Gasteiger partial charge on any atom is 0.136 e. The molecule has 3 rings (SSSR count). The van der Waals surface area contributed by atoms with Crippen LogP contribution >= 0.6 is 0 Å². The van der Waals surface area contributed by atoms with Crippen molar-refractivity contribution in [3.05, 3.63) is 0 Å². The van der Waals surface area contributed by atoms with Gasteiger partial charge in [0, 0.05) is 49.6 Å². The van der Waals surface area contributed by atoms with Gasteiger partial charge < -0.3 is 0 Å². The second-order valence-corrected chi connectivity index (χ2v) is 6.98.